The van der Waals surface area contributed by atoms with E-state index in [-0.39, 0.29) is 17.3 Å². The third-order valence-electron chi connectivity index (χ3n) is 4.66. The van der Waals surface area contributed by atoms with Gasteiger partial charge in [-0.1, -0.05) is 61.5 Å². The maximum Gasteiger partial charge on any atom is 0.244 e. The first kappa shape index (κ1) is 21.2. The molecule has 0 aliphatic heterocycles. The van der Waals surface area contributed by atoms with E-state index in [1.54, 1.807) is 12.1 Å². The monoisotopic (exact) mass is 413 g/mol. The Morgan fingerprint density at radius 1 is 1.00 bits per heavy atom. The summed E-state index contributed by atoms with van der Waals surface area (Å²) in [5, 5.41) is 4.00. The fourth-order valence-electron chi connectivity index (χ4n) is 2.98. The summed E-state index contributed by atoms with van der Waals surface area (Å²) in [4.78, 5) is 4.64. The van der Waals surface area contributed by atoms with Crippen LogP contribution in [0.25, 0.3) is 11.4 Å². The van der Waals surface area contributed by atoms with Crippen LogP contribution in [0.15, 0.2) is 64.0 Å². The molecule has 29 heavy (non-hydrogen) atoms. The van der Waals surface area contributed by atoms with Crippen molar-refractivity contribution in [3.63, 3.8) is 0 Å². The molecule has 0 unspecified atom stereocenters. The molecule has 3 rings (SSSR count). The summed E-state index contributed by atoms with van der Waals surface area (Å²) in [6, 6.07) is 16.5. The van der Waals surface area contributed by atoms with Gasteiger partial charge in [-0.25, -0.2) is 8.42 Å². The molecule has 0 bridgehead atoms. The molecular weight excluding hydrogens is 386 g/mol. The lowest BCUT2D eigenvalue weighted by molar-refractivity contribution is 0.214. The first-order chi connectivity index (χ1) is 13.6. The van der Waals surface area contributed by atoms with Crippen molar-refractivity contribution in [2.24, 2.45) is 0 Å². The summed E-state index contributed by atoms with van der Waals surface area (Å²) in [6.07, 6.45) is 0. The lowest BCUT2D eigenvalue weighted by Gasteiger charge is -2.33. The van der Waals surface area contributed by atoms with E-state index in [4.69, 9.17) is 4.52 Å². The Hall–Kier alpha value is -2.51. The van der Waals surface area contributed by atoms with E-state index in [0.717, 1.165) is 11.1 Å². The van der Waals surface area contributed by atoms with Crippen LogP contribution in [-0.4, -0.2) is 28.4 Å². The lowest BCUT2D eigenvalue weighted by Crippen LogP contribution is -2.45. The number of hydrogen-bond acceptors (Lipinski definition) is 5. The summed E-state index contributed by atoms with van der Waals surface area (Å²) in [5.41, 5.74) is 1.24. The number of sulfonamides is 1. The number of aromatic nitrogens is 2. The van der Waals surface area contributed by atoms with Crippen LogP contribution < -0.4 is 0 Å². The molecule has 0 saturated heterocycles. The zero-order valence-electron chi connectivity index (χ0n) is 17.5. The molecule has 2 aromatic carbocycles. The second kappa shape index (κ2) is 8.08. The molecule has 0 radical (unpaired) electrons. The van der Waals surface area contributed by atoms with Crippen molar-refractivity contribution in [3.8, 4) is 11.4 Å². The lowest BCUT2D eigenvalue weighted by atomic mass is 10.0. The summed E-state index contributed by atoms with van der Waals surface area (Å²) >= 11 is 0. The third-order valence-corrected chi connectivity index (χ3v) is 6.79. The molecule has 0 fully saturated rings. The molecule has 0 atom stereocenters. The Bertz CT molecular complexity index is 1050. The number of nitrogens with zero attached hydrogens (tertiary/aromatic N) is 3. The van der Waals surface area contributed by atoms with Crippen LogP contribution in [-0.2, 0) is 16.6 Å². The van der Waals surface area contributed by atoms with Crippen LogP contribution >= 0.6 is 0 Å². The SMILES string of the molecule is CC(C)c1ccc(S(=O)(=O)N(Cc2nc(-c3ccccc3)no2)C(C)(C)C)cc1. The topological polar surface area (TPSA) is 76.3 Å². The van der Waals surface area contributed by atoms with Crippen LogP contribution in [0.1, 0.15) is 52.0 Å². The van der Waals surface area contributed by atoms with Crippen molar-refractivity contribution in [2.75, 3.05) is 0 Å². The highest BCUT2D eigenvalue weighted by Crippen LogP contribution is 2.28. The van der Waals surface area contributed by atoms with Gasteiger partial charge in [-0.3, -0.25) is 0 Å². The second-order valence-electron chi connectivity index (χ2n) is 8.28. The van der Waals surface area contributed by atoms with Crippen LogP contribution in [0.2, 0.25) is 0 Å². The smallest absolute Gasteiger partial charge is 0.244 e. The van der Waals surface area contributed by atoms with Crippen LogP contribution in [0, 0.1) is 0 Å². The van der Waals surface area contributed by atoms with Gasteiger partial charge in [0.15, 0.2) is 0 Å². The van der Waals surface area contributed by atoms with Gasteiger partial charge in [0.2, 0.25) is 21.7 Å². The van der Waals surface area contributed by atoms with Crippen molar-refractivity contribution in [1.82, 2.24) is 14.4 Å². The molecule has 7 heteroatoms. The van der Waals surface area contributed by atoms with Crippen LogP contribution in [0.4, 0.5) is 0 Å². The zero-order chi connectivity index (χ0) is 21.2. The highest BCUT2D eigenvalue weighted by Gasteiger charge is 2.35. The Morgan fingerprint density at radius 3 is 2.17 bits per heavy atom. The highest BCUT2D eigenvalue weighted by atomic mass is 32.2. The maximum absolute atomic E-state index is 13.4. The molecule has 0 amide bonds. The van der Waals surface area contributed by atoms with E-state index in [9.17, 15) is 8.42 Å². The average molecular weight is 414 g/mol. The first-order valence-electron chi connectivity index (χ1n) is 9.60. The van der Waals surface area contributed by atoms with E-state index < -0.39 is 15.6 Å². The van der Waals surface area contributed by atoms with Crippen molar-refractivity contribution in [1.29, 1.82) is 0 Å². The van der Waals surface area contributed by atoms with Crippen LogP contribution in [0.3, 0.4) is 0 Å². The van der Waals surface area contributed by atoms with E-state index in [0.29, 0.717) is 11.7 Å². The molecule has 1 aromatic heterocycles. The molecule has 0 aliphatic carbocycles. The predicted octanol–water partition coefficient (Wildman–Crippen LogP) is 4.85. The minimum Gasteiger partial charge on any atom is -0.338 e. The van der Waals surface area contributed by atoms with Gasteiger partial charge in [0, 0.05) is 11.1 Å². The summed E-state index contributed by atoms with van der Waals surface area (Å²) < 4.78 is 33.5. The number of hydrogen-bond donors (Lipinski definition) is 0. The third kappa shape index (κ3) is 4.74. The minimum atomic E-state index is -3.75. The van der Waals surface area contributed by atoms with Crippen molar-refractivity contribution >= 4 is 10.0 Å². The Balaban J connectivity index is 1.91. The van der Waals surface area contributed by atoms with Gasteiger partial charge in [0.1, 0.15) is 0 Å². The molecule has 0 spiro atoms. The van der Waals surface area contributed by atoms with E-state index in [2.05, 4.69) is 24.0 Å². The Kier molecular flexibility index (Phi) is 5.91. The van der Waals surface area contributed by atoms with Gasteiger partial charge in [-0.15, -0.1) is 0 Å². The van der Waals surface area contributed by atoms with Crippen molar-refractivity contribution in [2.45, 2.75) is 57.5 Å². The molecule has 0 aliphatic rings. The quantitative estimate of drug-likeness (QED) is 0.577. The van der Waals surface area contributed by atoms with E-state index in [1.165, 1.54) is 4.31 Å². The molecular formula is C22H27N3O3S. The van der Waals surface area contributed by atoms with Gasteiger partial charge < -0.3 is 4.52 Å². The summed E-state index contributed by atoms with van der Waals surface area (Å²) in [5.74, 6) is 1.02. The molecule has 154 valence electrons. The molecule has 6 nitrogen and oxygen atoms in total. The van der Waals surface area contributed by atoms with Crippen molar-refractivity contribution in [3.05, 3.63) is 66.1 Å². The second-order valence-corrected chi connectivity index (χ2v) is 10.1. The zero-order valence-corrected chi connectivity index (χ0v) is 18.3. The highest BCUT2D eigenvalue weighted by molar-refractivity contribution is 7.89. The number of benzene rings is 2. The van der Waals surface area contributed by atoms with Crippen LogP contribution in [0.5, 0.6) is 0 Å². The Labute approximate surface area is 172 Å². The summed E-state index contributed by atoms with van der Waals surface area (Å²) in [6.45, 7) is 9.69. The number of rotatable bonds is 6. The average Bonchev–Trinajstić information content (AvgIpc) is 3.15. The first-order valence-corrected chi connectivity index (χ1v) is 11.0. The largest absolute Gasteiger partial charge is 0.338 e. The minimum absolute atomic E-state index is 0.00238. The standard InChI is InChI=1S/C22H27N3O3S/c1-16(2)17-11-13-19(14-12-17)29(26,27)25(22(3,4)5)15-20-23-21(24-28-20)18-9-7-6-8-10-18/h6-14,16H,15H2,1-5H3. The van der Waals surface area contributed by atoms with Gasteiger partial charge in [-0.05, 0) is 44.4 Å². The van der Waals surface area contributed by atoms with Gasteiger partial charge in [-0.2, -0.15) is 9.29 Å². The molecule has 1 heterocycles. The Morgan fingerprint density at radius 2 is 1.62 bits per heavy atom. The van der Waals surface area contributed by atoms with Gasteiger partial charge in [0.05, 0.1) is 11.4 Å². The molecule has 0 N–H and O–H groups in total. The van der Waals surface area contributed by atoms with E-state index in [1.807, 2.05) is 63.2 Å². The van der Waals surface area contributed by atoms with Gasteiger partial charge in [0.25, 0.3) is 0 Å². The van der Waals surface area contributed by atoms with E-state index >= 15 is 0 Å². The normalized spacial score (nSPS) is 12.7. The fourth-order valence-corrected chi connectivity index (χ4v) is 4.72. The molecule has 0 saturated carbocycles. The molecule has 3 aromatic rings. The van der Waals surface area contributed by atoms with Crippen molar-refractivity contribution < 1.29 is 12.9 Å². The maximum atomic E-state index is 13.4. The van der Waals surface area contributed by atoms with Gasteiger partial charge >= 0.3 is 0 Å². The summed E-state index contributed by atoms with van der Waals surface area (Å²) in [7, 11) is -3.75. The fraction of sp³-hybridized carbons (Fsp3) is 0.364. The predicted molar refractivity (Wildman–Crippen MR) is 113 cm³/mol.